The van der Waals surface area contributed by atoms with Gasteiger partial charge in [-0.2, -0.15) is 0 Å². The maximum absolute atomic E-state index is 3.84. The average Bonchev–Trinajstić information content (AvgIpc) is 2.16. The number of nitrogens with one attached hydrogen (secondary N) is 1. The minimum atomic E-state index is 0.150. The molecule has 0 rings (SSSR count). The second kappa shape index (κ2) is 6.41. The molecule has 0 amide bonds. The summed E-state index contributed by atoms with van der Waals surface area (Å²) in [5, 5.41) is 3.44. The Kier molecular flexibility index (Phi) is 5.95. The van der Waals surface area contributed by atoms with Crippen molar-refractivity contribution < 1.29 is 0 Å². The highest BCUT2D eigenvalue weighted by atomic mass is 14.9. The summed E-state index contributed by atoms with van der Waals surface area (Å²) >= 11 is 0. The lowest BCUT2D eigenvalue weighted by Gasteiger charge is -2.20. The number of hydrogen-bond acceptors (Lipinski definition) is 1. The normalized spacial score (nSPS) is 13.2. The molecule has 0 aliphatic rings. The predicted octanol–water partition coefficient (Wildman–Crippen LogP) is 3.62. The van der Waals surface area contributed by atoms with Gasteiger partial charge >= 0.3 is 0 Å². The predicted molar refractivity (Wildman–Crippen MR) is 70.0 cm³/mol. The zero-order chi connectivity index (χ0) is 11.9. The lowest BCUT2D eigenvalue weighted by molar-refractivity contribution is 0.446. The average molecular weight is 205 g/mol. The molecule has 0 heterocycles. The second-order valence-electron chi connectivity index (χ2n) is 4.58. The van der Waals surface area contributed by atoms with Crippen LogP contribution in [0.15, 0.2) is 48.6 Å². The minimum Gasteiger partial charge on any atom is -0.308 e. The Bertz CT molecular complexity index is 274. The van der Waals surface area contributed by atoms with Gasteiger partial charge in [-0.1, -0.05) is 37.5 Å². The molecule has 0 saturated heterocycles. The molecule has 0 aliphatic heterocycles. The molecule has 1 nitrogen and oxygen atoms in total. The first-order valence-corrected chi connectivity index (χ1v) is 5.28. The first-order valence-electron chi connectivity index (χ1n) is 5.28. The zero-order valence-electron chi connectivity index (χ0n) is 10.4. The van der Waals surface area contributed by atoms with Crippen LogP contribution in [0.5, 0.6) is 0 Å². The van der Waals surface area contributed by atoms with Crippen LogP contribution in [0.3, 0.4) is 0 Å². The van der Waals surface area contributed by atoms with Crippen LogP contribution in [-0.2, 0) is 0 Å². The molecule has 0 unspecified atom stereocenters. The van der Waals surface area contributed by atoms with Gasteiger partial charge in [-0.05, 0) is 38.8 Å². The van der Waals surface area contributed by atoms with Gasteiger partial charge in [0.05, 0.1) is 0 Å². The second-order valence-corrected chi connectivity index (χ2v) is 4.58. The molecule has 0 saturated carbocycles. The van der Waals surface area contributed by atoms with Crippen molar-refractivity contribution in [2.75, 3.05) is 6.54 Å². The molecular weight excluding hydrogens is 182 g/mol. The molecule has 0 aliphatic carbocycles. The lowest BCUT2D eigenvalue weighted by atomic mass is 10.1. The van der Waals surface area contributed by atoms with Crippen molar-refractivity contribution in [3.8, 4) is 0 Å². The smallest absolute Gasteiger partial charge is 0.0207 e. The molecule has 1 N–H and O–H groups in total. The summed E-state index contributed by atoms with van der Waals surface area (Å²) in [7, 11) is 0. The summed E-state index contributed by atoms with van der Waals surface area (Å²) in [5.41, 5.74) is 2.34. The van der Waals surface area contributed by atoms with E-state index in [-0.39, 0.29) is 5.54 Å². The van der Waals surface area contributed by atoms with Crippen molar-refractivity contribution in [1.82, 2.24) is 5.32 Å². The number of hydrogen-bond donors (Lipinski definition) is 1. The van der Waals surface area contributed by atoms with Gasteiger partial charge in [0, 0.05) is 12.1 Å². The molecule has 0 aromatic rings. The van der Waals surface area contributed by atoms with Crippen LogP contribution < -0.4 is 5.32 Å². The monoisotopic (exact) mass is 205 g/mol. The summed E-state index contributed by atoms with van der Waals surface area (Å²) in [6.07, 6.45) is 7.90. The third-order valence-corrected chi connectivity index (χ3v) is 1.97. The quantitative estimate of drug-likeness (QED) is 0.676. The Morgan fingerprint density at radius 1 is 1.27 bits per heavy atom. The summed E-state index contributed by atoms with van der Waals surface area (Å²) < 4.78 is 0. The lowest BCUT2D eigenvalue weighted by Crippen LogP contribution is -2.36. The fraction of sp³-hybridized carbons (Fsp3) is 0.429. The molecular formula is C14H23N. The Morgan fingerprint density at radius 2 is 1.87 bits per heavy atom. The van der Waals surface area contributed by atoms with Crippen LogP contribution in [-0.4, -0.2) is 12.1 Å². The van der Waals surface area contributed by atoms with E-state index in [2.05, 4.69) is 51.4 Å². The van der Waals surface area contributed by atoms with E-state index in [0.717, 1.165) is 12.1 Å². The molecule has 0 bridgehead atoms. The number of allylic oxidation sites excluding steroid dienone is 4. The highest BCUT2D eigenvalue weighted by Crippen LogP contribution is 2.04. The summed E-state index contributed by atoms with van der Waals surface area (Å²) in [6.45, 7) is 16.9. The SMILES string of the molecule is C=CC(=C)/C=C\C(=C/C)CNC(C)(C)C. The molecule has 84 valence electrons. The zero-order valence-corrected chi connectivity index (χ0v) is 10.4. The number of rotatable bonds is 5. The van der Waals surface area contributed by atoms with Crippen molar-refractivity contribution in [3.63, 3.8) is 0 Å². The molecule has 0 aromatic heterocycles. The molecule has 0 aromatic carbocycles. The van der Waals surface area contributed by atoms with E-state index >= 15 is 0 Å². The first-order chi connectivity index (χ1) is 6.89. The Hall–Kier alpha value is -1.08. The summed E-state index contributed by atoms with van der Waals surface area (Å²) in [5.74, 6) is 0. The van der Waals surface area contributed by atoms with E-state index in [1.54, 1.807) is 6.08 Å². The minimum absolute atomic E-state index is 0.150. The molecule has 15 heavy (non-hydrogen) atoms. The standard InChI is InChI=1S/C14H23N/c1-7-12(3)9-10-13(8-2)11-15-14(4,5)6/h7-10,15H,1,3,11H2,2,4-6H3/b10-9-,13-8+. The highest BCUT2D eigenvalue weighted by Gasteiger charge is 2.07. The molecule has 0 fully saturated rings. The van der Waals surface area contributed by atoms with Crippen molar-refractivity contribution in [2.24, 2.45) is 0 Å². The Labute approximate surface area is 94.3 Å². The van der Waals surface area contributed by atoms with Gasteiger partial charge in [0.25, 0.3) is 0 Å². The Morgan fingerprint density at radius 3 is 2.27 bits per heavy atom. The van der Waals surface area contributed by atoms with Crippen LogP contribution in [0.1, 0.15) is 27.7 Å². The van der Waals surface area contributed by atoms with Crippen LogP contribution in [0.2, 0.25) is 0 Å². The van der Waals surface area contributed by atoms with Crippen LogP contribution in [0, 0.1) is 0 Å². The molecule has 0 radical (unpaired) electrons. The van der Waals surface area contributed by atoms with Crippen molar-refractivity contribution >= 4 is 0 Å². The summed E-state index contributed by atoms with van der Waals surface area (Å²) in [6, 6.07) is 0. The third kappa shape index (κ3) is 7.95. The van der Waals surface area contributed by atoms with E-state index in [1.807, 2.05) is 13.0 Å². The van der Waals surface area contributed by atoms with Crippen LogP contribution in [0.25, 0.3) is 0 Å². The van der Waals surface area contributed by atoms with Crippen molar-refractivity contribution in [3.05, 3.63) is 48.6 Å². The van der Waals surface area contributed by atoms with Crippen LogP contribution in [0.4, 0.5) is 0 Å². The largest absolute Gasteiger partial charge is 0.308 e. The van der Waals surface area contributed by atoms with E-state index in [9.17, 15) is 0 Å². The molecule has 0 spiro atoms. The van der Waals surface area contributed by atoms with E-state index in [4.69, 9.17) is 0 Å². The van der Waals surface area contributed by atoms with Crippen LogP contribution >= 0.6 is 0 Å². The maximum atomic E-state index is 3.84. The third-order valence-electron chi connectivity index (χ3n) is 1.97. The molecule has 1 heteroatoms. The van der Waals surface area contributed by atoms with Gasteiger partial charge in [-0.15, -0.1) is 0 Å². The van der Waals surface area contributed by atoms with Gasteiger partial charge in [0.15, 0.2) is 0 Å². The highest BCUT2D eigenvalue weighted by molar-refractivity contribution is 5.32. The van der Waals surface area contributed by atoms with Gasteiger partial charge < -0.3 is 5.32 Å². The van der Waals surface area contributed by atoms with Gasteiger partial charge in [-0.3, -0.25) is 0 Å². The summed E-state index contributed by atoms with van der Waals surface area (Å²) in [4.78, 5) is 0. The van der Waals surface area contributed by atoms with E-state index in [1.165, 1.54) is 5.57 Å². The molecule has 0 atom stereocenters. The van der Waals surface area contributed by atoms with Gasteiger partial charge in [-0.25, -0.2) is 0 Å². The maximum Gasteiger partial charge on any atom is 0.0207 e. The fourth-order valence-corrected chi connectivity index (χ4v) is 0.907. The van der Waals surface area contributed by atoms with Gasteiger partial charge in [0.2, 0.25) is 0 Å². The fourth-order valence-electron chi connectivity index (χ4n) is 0.907. The topological polar surface area (TPSA) is 12.0 Å². The van der Waals surface area contributed by atoms with Crippen molar-refractivity contribution in [1.29, 1.82) is 0 Å². The first kappa shape index (κ1) is 13.9. The van der Waals surface area contributed by atoms with E-state index < -0.39 is 0 Å². The van der Waals surface area contributed by atoms with Crippen molar-refractivity contribution in [2.45, 2.75) is 33.2 Å². The Balaban J connectivity index is 4.23. The van der Waals surface area contributed by atoms with E-state index in [0.29, 0.717) is 0 Å². The van der Waals surface area contributed by atoms with Gasteiger partial charge in [0.1, 0.15) is 0 Å².